The van der Waals surface area contributed by atoms with Crippen molar-refractivity contribution in [3.8, 4) is 0 Å². The van der Waals surface area contributed by atoms with E-state index in [2.05, 4.69) is 30.2 Å². The van der Waals surface area contributed by atoms with Crippen LogP contribution in [0.15, 0.2) is 12.3 Å². The van der Waals surface area contributed by atoms with Crippen molar-refractivity contribution in [1.29, 1.82) is 0 Å². The quantitative estimate of drug-likeness (QED) is 0.684. The van der Waals surface area contributed by atoms with Gasteiger partial charge in [0.05, 0.1) is 0 Å². The Labute approximate surface area is 73.0 Å². The summed E-state index contributed by atoms with van der Waals surface area (Å²) in [4.78, 5) is 4.41. The Morgan fingerprint density at radius 1 is 1.50 bits per heavy atom. The third-order valence-electron chi connectivity index (χ3n) is 2.31. The molecule has 0 spiro atoms. The van der Waals surface area contributed by atoms with E-state index in [9.17, 15) is 0 Å². The molecule has 12 heavy (non-hydrogen) atoms. The van der Waals surface area contributed by atoms with Crippen LogP contribution < -0.4 is 5.32 Å². The summed E-state index contributed by atoms with van der Waals surface area (Å²) in [5.41, 5.74) is 3.83. The van der Waals surface area contributed by atoms with Gasteiger partial charge in [0.15, 0.2) is 0 Å². The van der Waals surface area contributed by atoms with E-state index in [4.69, 9.17) is 0 Å². The van der Waals surface area contributed by atoms with Crippen LogP contribution in [0, 0.1) is 0 Å². The average Bonchev–Trinajstić information content (AvgIpc) is 2.49. The lowest BCUT2D eigenvalue weighted by molar-refractivity contribution is 0.822. The second kappa shape index (κ2) is 2.77. The maximum Gasteiger partial charge on any atom is 0.0449 e. The summed E-state index contributed by atoms with van der Waals surface area (Å²) in [5.74, 6) is 0.526. The highest BCUT2D eigenvalue weighted by atomic mass is 14.9. The van der Waals surface area contributed by atoms with Crippen LogP contribution in [0.5, 0.6) is 0 Å². The largest absolute Gasteiger partial charge is 0.384 e. The summed E-state index contributed by atoms with van der Waals surface area (Å²) in [6.07, 6.45) is 3.13. The normalized spacial score (nSPS) is 14.6. The summed E-state index contributed by atoms with van der Waals surface area (Å²) >= 11 is 0. The van der Waals surface area contributed by atoms with Crippen molar-refractivity contribution in [2.75, 3.05) is 11.9 Å². The van der Waals surface area contributed by atoms with E-state index in [1.165, 1.54) is 16.9 Å². The minimum atomic E-state index is 0.526. The summed E-state index contributed by atoms with van der Waals surface area (Å²) in [6, 6.07) is 2.17. The summed E-state index contributed by atoms with van der Waals surface area (Å²) in [5, 5.41) is 3.36. The molecule has 1 aromatic rings. The van der Waals surface area contributed by atoms with E-state index < -0.39 is 0 Å². The van der Waals surface area contributed by atoms with Crippen LogP contribution in [0.2, 0.25) is 0 Å². The second-order valence-electron chi connectivity index (χ2n) is 3.60. The van der Waals surface area contributed by atoms with E-state index in [0.717, 1.165) is 13.0 Å². The first-order valence-corrected chi connectivity index (χ1v) is 4.50. The SMILES string of the molecule is CC(C)c1cc2c(cn1)CCN2. The zero-order valence-electron chi connectivity index (χ0n) is 7.59. The van der Waals surface area contributed by atoms with E-state index in [1.807, 2.05) is 6.20 Å². The topological polar surface area (TPSA) is 24.9 Å². The van der Waals surface area contributed by atoms with Gasteiger partial charge in [-0.25, -0.2) is 0 Å². The molecule has 0 aromatic carbocycles. The maximum atomic E-state index is 4.41. The molecule has 1 aliphatic rings. The van der Waals surface area contributed by atoms with Gasteiger partial charge in [0.25, 0.3) is 0 Å². The van der Waals surface area contributed by atoms with Crippen LogP contribution in [-0.2, 0) is 6.42 Å². The summed E-state index contributed by atoms with van der Waals surface area (Å²) < 4.78 is 0. The smallest absolute Gasteiger partial charge is 0.0449 e. The molecule has 64 valence electrons. The molecule has 0 radical (unpaired) electrons. The molecule has 1 aliphatic heterocycles. The molecular weight excluding hydrogens is 148 g/mol. The number of hydrogen-bond donors (Lipinski definition) is 1. The second-order valence-corrected chi connectivity index (χ2v) is 3.60. The molecule has 0 unspecified atom stereocenters. The van der Waals surface area contributed by atoms with Gasteiger partial charge >= 0.3 is 0 Å². The van der Waals surface area contributed by atoms with E-state index in [0.29, 0.717) is 5.92 Å². The molecular formula is C10H14N2. The van der Waals surface area contributed by atoms with Crippen molar-refractivity contribution in [3.63, 3.8) is 0 Å². The molecule has 0 aliphatic carbocycles. The minimum absolute atomic E-state index is 0.526. The fourth-order valence-electron chi connectivity index (χ4n) is 1.51. The molecule has 2 heteroatoms. The molecule has 2 heterocycles. The van der Waals surface area contributed by atoms with Gasteiger partial charge in [0.1, 0.15) is 0 Å². The highest BCUT2D eigenvalue weighted by molar-refractivity contribution is 5.55. The maximum absolute atomic E-state index is 4.41. The lowest BCUT2D eigenvalue weighted by Crippen LogP contribution is -1.94. The van der Waals surface area contributed by atoms with Gasteiger partial charge in [-0.1, -0.05) is 13.8 Å². The van der Waals surface area contributed by atoms with E-state index >= 15 is 0 Å². The van der Waals surface area contributed by atoms with Crippen LogP contribution in [0.1, 0.15) is 31.0 Å². The van der Waals surface area contributed by atoms with Gasteiger partial charge < -0.3 is 5.32 Å². The molecule has 0 atom stereocenters. The average molecular weight is 162 g/mol. The Bertz CT molecular complexity index is 292. The number of rotatable bonds is 1. The number of nitrogens with zero attached hydrogens (tertiary/aromatic N) is 1. The number of fused-ring (bicyclic) bond motifs is 1. The third-order valence-corrected chi connectivity index (χ3v) is 2.31. The van der Waals surface area contributed by atoms with E-state index in [1.54, 1.807) is 0 Å². The van der Waals surface area contributed by atoms with Gasteiger partial charge in [0.2, 0.25) is 0 Å². The fourth-order valence-corrected chi connectivity index (χ4v) is 1.51. The first-order chi connectivity index (χ1) is 5.77. The Hall–Kier alpha value is -1.05. The Morgan fingerprint density at radius 3 is 3.08 bits per heavy atom. The van der Waals surface area contributed by atoms with Crippen molar-refractivity contribution >= 4 is 5.69 Å². The lowest BCUT2D eigenvalue weighted by Gasteiger charge is -2.06. The monoisotopic (exact) mass is 162 g/mol. The van der Waals surface area contributed by atoms with Crippen LogP contribution in [0.25, 0.3) is 0 Å². The number of pyridine rings is 1. The number of hydrogen-bond acceptors (Lipinski definition) is 2. The Kier molecular flexibility index (Phi) is 1.75. The zero-order valence-corrected chi connectivity index (χ0v) is 7.59. The van der Waals surface area contributed by atoms with Crippen molar-refractivity contribution < 1.29 is 0 Å². The van der Waals surface area contributed by atoms with Crippen LogP contribution in [-0.4, -0.2) is 11.5 Å². The number of nitrogens with one attached hydrogen (secondary N) is 1. The van der Waals surface area contributed by atoms with Crippen molar-refractivity contribution in [2.24, 2.45) is 0 Å². The summed E-state index contributed by atoms with van der Waals surface area (Å²) in [6.45, 7) is 5.41. The molecule has 0 bridgehead atoms. The minimum Gasteiger partial charge on any atom is -0.384 e. The fraction of sp³-hybridized carbons (Fsp3) is 0.500. The van der Waals surface area contributed by atoms with Gasteiger partial charge in [0, 0.05) is 24.1 Å². The van der Waals surface area contributed by atoms with Crippen molar-refractivity contribution in [3.05, 3.63) is 23.5 Å². The molecule has 1 aromatic heterocycles. The number of aromatic nitrogens is 1. The molecule has 0 saturated carbocycles. The first kappa shape index (κ1) is 7.59. The highest BCUT2D eigenvalue weighted by Gasteiger charge is 2.11. The molecule has 0 saturated heterocycles. The van der Waals surface area contributed by atoms with Gasteiger partial charge in [-0.05, 0) is 24.0 Å². The van der Waals surface area contributed by atoms with Gasteiger partial charge in [-0.15, -0.1) is 0 Å². The summed E-state index contributed by atoms with van der Waals surface area (Å²) in [7, 11) is 0. The lowest BCUT2D eigenvalue weighted by atomic mass is 10.1. The predicted molar refractivity (Wildman–Crippen MR) is 50.5 cm³/mol. The van der Waals surface area contributed by atoms with Gasteiger partial charge in [-0.2, -0.15) is 0 Å². The molecule has 2 nitrogen and oxygen atoms in total. The van der Waals surface area contributed by atoms with Gasteiger partial charge in [-0.3, -0.25) is 4.98 Å². The predicted octanol–water partition coefficient (Wildman–Crippen LogP) is 2.17. The van der Waals surface area contributed by atoms with E-state index in [-0.39, 0.29) is 0 Å². The third kappa shape index (κ3) is 1.17. The van der Waals surface area contributed by atoms with Crippen LogP contribution in [0.3, 0.4) is 0 Å². The molecule has 0 fully saturated rings. The van der Waals surface area contributed by atoms with Crippen LogP contribution >= 0.6 is 0 Å². The van der Waals surface area contributed by atoms with Crippen LogP contribution in [0.4, 0.5) is 5.69 Å². The Morgan fingerprint density at radius 2 is 2.33 bits per heavy atom. The zero-order chi connectivity index (χ0) is 8.55. The van der Waals surface area contributed by atoms with Crippen molar-refractivity contribution in [1.82, 2.24) is 4.98 Å². The Balaban J connectivity index is 2.39. The molecule has 2 rings (SSSR count). The molecule has 0 amide bonds. The standard InChI is InChI=1S/C10H14N2/c1-7(2)9-5-10-8(6-12-9)3-4-11-10/h5-7,11H,3-4H2,1-2H3. The highest BCUT2D eigenvalue weighted by Crippen LogP contribution is 2.24. The molecule has 1 N–H and O–H groups in total. The van der Waals surface area contributed by atoms with Crippen molar-refractivity contribution in [2.45, 2.75) is 26.2 Å². The number of anilines is 1. The first-order valence-electron chi connectivity index (χ1n) is 4.50.